The lowest BCUT2D eigenvalue weighted by molar-refractivity contribution is 0.0150. The molecule has 0 fully saturated rings. The maximum atomic E-state index is 8.68. The van der Waals surface area contributed by atoms with Crippen LogP contribution in [0.3, 0.4) is 0 Å². The predicted octanol–water partition coefficient (Wildman–Crippen LogP) is -0.345. The minimum Gasteiger partial charge on any atom is -0.394 e. The number of hydrogen-bond donors (Lipinski definition) is 2. The second-order valence-electron chi connectivity index (χ2n) is 1.66. The van der Waals surface area contributed by atoms with Crippen LogP contribution >= 0.6 is 13.5 Å². The molecule has 10 heavy (non-hydrogen) atoms. The van der Waals surface area contributed by atoms with Crippen molar-refractivity contribution in [2.45, 2.75) is 6.10 Å². The molecule has 1 unspecified atom stereocenters. The van der Waals surface area contributed by atoms with E-state index in [-0.39, 0.29) is 26.7 Å². The predicted molar refractivity (Wildman–Crippen MR) is 44.5 cm³/mol. The van der Waals surface area contributed by atoms with E-state index in [1.807, 2.05) is 0 Å². The van der Waals surface area contributed by atoms with E-state index in [0.717, 1.165) is 0 Å². The van der Waals surface area contributed by atoms with E-state index in [0.29, 0.717) is 6.61 Å². The molecule has 0 heterocycles. The summed E-state index contributed by atoms with van der Waals surface area (Å²) in [7, 11) is 0. The topological polar surface area (TPSA) is 49.7 Å². The highest BCUT2D eigenvalue weighted by molar-refractivity contribution is 7.59. The Hall–Kier alpha value is -0.0300. The van der Waals surface area contributed by atoms with Gasteiger partial charge in [0.15, 0.2) is 0 Å². The molecule has 0 aromatic heterocycles. The molecule has 0 spiro atoms. The third-order valence-corrected chi connectivity index (χ3v) is 0.757. The zero-order chi connectivity index (χ0) is 7.11. The van der Waals surface area contributed by atoms with Crippen LogP contribution in [0.4, 0.5) is 0 Å². The van der Waals surface area contributed by atoms with Crippen molar-refractivity contribution in [1.29, 1.82) is 0 Å². The van der Waals surface area contributed by atoms with Crippen LogP contribution in [0.25, 0.3) is 0 Å². The van der Waals surface area contributed by atoms with Crippen LogP contribution in [0.2, 0.25) is 0 Å². The Balaban J connectivity index is 0. The molecule has 0 aromatic rings. The van der Waals surface area contributed by atoms with Crippen molar-refractivity contribution in [2.24, 2.45) is 0 Å². The Bertz CT molecular complexity index is 77.4. The van der Waals surface area contributed by atoms with Crippen molar-refractivity contribution in [3.63, 3.8) is 0 Å². The van der Waals surface area contributed by atoms with Gasteiger partial charge in [-0.25, -0.2) is 0 Å². The Morgan fingerprint density at radius 2 is 2.20 bits per heavy atom. The highest BCUT2D eigenvalue weighted by Gasteiger charge is 1.98. The van der Waals surface area contributed by atoms with Crippen LogP contribution in [0, 0.1) is 0 Å². The summed E-state index contributed by atoms with van der Waals surface area (Å²) in [5.74, 6) is 0. The van der Waals surface area contributed by atoms with Gasteiger partial charge in [-0.3, -0.25) is 0 Å². The van der Waals surface area contributed by atoms with Gasteiger partial charge in [0, 0.05) is 0 Å². The van der Waals surface area contributed by atoms with Gasteiger partial charge in [-0.15, -0.1) is 6.58 Å². The lowest BCUT2D eigenvalue weighted by Crippen LogP contribution is -2.19. The Kier molecular flexibility index (Phi) is 11.3. The molecule has 0 aliphatic carbocycles. The monoisotopic (exact) mass is 166 g/mol. The first-order valence-electron chi connectivity index (χ1n) is 2.78. The SMILES string of the molecule is C=CCOCC(O)CO.S. The largest absolute Gasteiger partial charge is 0.394 e. The molecule has 0 bridgehead atoms. The first-order chi connectivity index (χ1) is 4.31. The first-order valence-corrected chi connectivity index (χ1v) is 2.78. The normalized spacial score (nSPS) is 11.8. The lowest BCUT2D eigenvalue weighted by Gasteiger charge is -2.04. The molecule has 2 N–H and O–H groups in total. The zero-order valence-corrected chi connectivity index (χ0v) is 6.79. The summed E-state index contributed by atoms with van der Waals surface area (Å²) in [6.07, 6.45) is 0.828. The molecule has 62 valence electrons. The molecule has 0 aliphatic heterocycles. The summed E-state index contributed by atoms with van der Waals surface area (Å²) in [6.45, 7) is 3.74. The summed E-state index contributed by atoms with van der Waals surface area (Å²) in [5, 5.41) is 17.0. The molecular weight excluding hydrogens is 152 g/mol. The number of ether oxygens (including phenoxy) is 1. The summed E-state index contributed by atoms with van der Waals surface area (Å²) in [6, 6.07) is 0. The van der Waals surface area contributed by atoms with E-state index in [1.165, 1.54) is 0 Å². The highest BCUT2D eigenvalue weighted by Crippen LogP contribution is 1.82. The maximum Gasteiger partial charge on any atom is 0.100 e. The summed E-state index contributed by atoms with van der Waals surface area (Å²) in [4.78, 5) is 0. The quantitative estimate of drug-likeness (QED) is 0.434. The van der Waals surface area contributed by atoms with Gasteiger partial charge in [0.2, 0.25) is 0 Å². The van der Waals surface area contributed by atoms with E-state index < -0.39 is 6.10 Å². The van der Waals surface area contributed by atoms with Crippen molar-refractivity contribution in [2.75, 3.05) is 19.8 Å². The second-order valence-corrected chi connectivity index (χ2v) is 1.66. The van der Waals surface area contributed by atoms with Crippen molar-refractivity contribution < 1.29 is 14.9 Å². The van der Waals surface area contributed by atoms with Crippen LogP contribution in [-0.2, 0) is 4.74 Å². The van der Waals surface area contributed by atoms with E-state index >= 15 is 0 Å². The number of hydrogen-bond acceptors (Lipinski definition) is 3. The van der Waals surface area contributed by atoms with Gasteiger partial charge in [-0.1, -0.05) is 6.08 Å². The van der Waals surface area contributed by atoms with Gasteiger partial charge >= 0.3 is 0 Å². The molecule has 3 nitrogen and oxygen atoms in total. The third kappa shape index (κ3) is 7.97. The van der Waals surface area contributed by atoms with Crippen LogP contribution < -0.4 is 0 Å². The van der Waals surface area contributed by atoms with Gasteiger partial charge in [-0.05, 0) is 0 Å². The molecule has 0 aromatic carbocycles. The summed E-state index contributed by atoms with van der Waals surface area (Å²) in [5.41, 5.74) is 0. The van der Waals surface area contributed by atoms with Crippen LogP contribution in [0.15, 0.2) is 12.7 Å². The van der Waals surface area contributed by atoms with Crippen molar-refractivity contribution in [3.8, 4) is 0 Å². The van der Waals surface area contributed by atoms with Crippen LogP contribution in [0.5, 0.6) is 0 Å². The van der Waals surface area contributed by atoms with E-state index in [1.54, 1.807) is 6.08 Å². The smallest absolute Gasteiger partial charge is 0.100 e. The molecule has 0 rings (SSSR count). The van der Waals surface area contributed by atoms with Gasteiger partial charge in [0.1, 0.15) is 6.10 Å². The fraction of sp³-hybridized carbons (Fsp3) is 0.667. The van der Waals surface area contributed by atoms with Crippen molar-refractivity contribution in [3.05, 3.63) is 12.7 Å². The fourth-order valence-corrected chi connectivity index (χ4v) is 0.340. The molecule has 4 heteroatoms. The highest BCUT2D eigenvalue weighted by atomic mass is 32.1. The number of aliphatic hydroxyl groups excluding tert-OH is 2. The van der Waals surface area contributed by atoms with Gasteiger partial charge in [0.05, 0.1) is 19.8 Å². The average molecular weight is 166 g/mol. The zero-order valence-electron chi connectivity index (χ0n) is 5.79. The molecule has 0 saturated carbocycles. The standard InChI is InChI=1S/C6H12O3.H2S/c1-2-3-9-5-6(8)4-7;/h2,6-8H,1,3-5H2;1H2. The second kappa shape index (κ2) is 8.97. The minimum atomic E-state index is -0.759. The maximum absolute atomic E-state index is 8.68. The molecule has 1 atom stereocenters. The molecule has 0 radical (unpaired) electrons. The van der Waals surface area contributed by atoms with Crippen LogP contribution in [-0.4, -0.2) is 36.1 Å². The van der Waals surface area contributed by atoms with E-state index in [4.69, 9.17) is 14.9 Å². The van der Waals surface area contributed by atoms with E-state index in [2.05, 4.69) is 6.58 Å². The van der Waals surface area contributed by atoms with Gasteiger partial charge < -0.3 is 14.9 Å². The Morgan fingerprint density at radius 1 is 1.60 bits per heavy atom. The lowest BCUT2D eigenvalue weighted by atomic mass is 10.4. The van der Waals surface area contributed by atoms with Gasteiger partial charge in [-0.2, -0.15) is 13.5 Å². The third-order valence-electron chi connectivity index (χ3n) is 0.757. The van der Waals surface area contributed by atoms with E-state index in [9.17, 15) is 0 Å². The van der Waals surface area contributed by atoms with Crippen molar-refractivity contribution in [1.82, 2.24) is 0 Å². The molecule has 0 amide bonds. The Morgan fingerprint density at radius 3 is 2.60 bits per heavy atom. The first kappa shape index (κ1) is 12.6. The molecule has 0 saturated heterocycles. The van der Waals surface area contributed by atoms with Crippen LogP contribution in [0.1, 0.15) is 0 Å². The minimum absolute atomic E-state index is 0. The molecular formula is C6H14O3S. The summed E-state index contributed by atoms with van der Waals surface area (Å²) < 4.78 is 4.81. The number of rotatable bonds is 5. The fourth-order valence-electron chi connectivity index (χ4n) is 0.340. The molecule has 0 aliphatic rings. The van der Waals surface area contributed by atoms with Gasteiger partial charge in [0.25, 0.3) is 0 Å². The number of aliphatic hydroxyl groups is 2. The summed E-state index contributed by atoms with van der Waals surface area (Å²) >= 11 is 0. The average Bonchev–Trinajstić information content (AvgIpc) is 1.89. The van der Waals surface area contributed by atoms with Crippen molar-refractivity contribution >= 4 is 13.5 Å². The Labute approximate surface area is 67.8 Å².